The summed E-state index contributed by atoms with van der Waals surface area (Å²) in [5.41, 5.74) is 2.09. The van der Waals surface area contributed by atoms with Gasteiger partial charge in [0.1, 0.15) is 6.54 Å². The summed E-state index contributed by atoms with van der Waals surface area (Å²) in [4.78, 5) is 43.3. The van der Waals surface area contributed by atoms with Crippen LogP contribution >= 0.6 is 0 Å². The first-order chi connectivity index (χ1) is 15.0. The van der Waals surface area contributed by atoms with Gasteiger partial charge in [0.25, 0.3) is 5.56 Å². The molecule has 2 aromatic carbocycles. The standard InChI is InChI=1S/C23H23N5O3/c1-3-26-15-24-21-20(26)22(30)28(14-19(29)25-18-11-9-16(2)10-12-18)23(31)27(21)13-17-7-5-4-6-8-17/h4-12,15H,3,13-14H2,1-2H3,(H,25,29). The summed E-state index contributed by atoms with van der Waals surface area (Å²) in [6, 6.07) is 16.8. The SMILES string of the molecule is CCn1cnc2c1c(=O)n(CC(=O)Nc1ccc(C)cc1)c(=O)n2Cc1ccccc1. The smallest absolute Gasteiger partial charge is 0.325 e. The van der Waals surface area contributed by atoms with E-state index in [-0.39, 0.29) is 13.1 Å². The summed E-state index contributed by atoms with van der Waals surface area (Å²) >= 11 is 0. The normalized spacial score (nSPS) is 11.0. The molecule has 0 saturated carbocycles. The number of rotatable bonds is 6. The van der Waals surface area contributed by atoms with Gasteiger partial charge >= 0.3 is 5.69 Å². The Morgan fingerprint density at radius 3 is 2.39 bits per heavy atom. The second kappa shape index (κ2) is 8.43. The highest BCUT2D eigenvalue weighted by molar-refractivity contribution is 5.90. The molecule has 4 rings (SSSR count). The van der Waals surface area contributed by atoms with E-state index in [1.54, 1.807) is 23.0 Å². The van der Waals surface area contributed by atoms with Crippen LogP contribution in [0, 0.1) is 6.92 Å². The van der Waals surface area contributed by atoms with Gasteiger partial charge in [-0.05, 0) is 31.5 Å². The van der Waals surface area contributed by atoms with Crippen molar-refractivity contribution < 1.29 is 4.79 Å². The van der Waals surface area contributed by atoms with Gasteiger partial charge in [0.05, 0.1) is 12.9 Å². The fourth-order valence-electron chi connectivity index (χ4n) is 3.51. The molecular formula is C23H23N5O3. The molecule has 0 spiro atoms. The van der Waals surface area contributed by atoms with Gasteiger partial charge in [0.2, 0.25) is 5.91 Å². The topological polar surface area (TPSA) is 90.9 Å². The molecule has 0 fully saturated rings. The van der Waals surface area contributed by atoms with Crippen molar-refractivity contribution in [2.75, 3.05) is 5.32 Å². The van der Waals surface area contributed by atoms with Crippen LogP contribution in [0.1, 0.15) is 18.1 Å². The Labute approximate surface area is 178 Å². The average Bonchev–Trinajstić information content (AvgIpc) is 3.21. The molecule has 1 N–H and O–H groups in total. The largest absolute Gasteiger partial charge is 0.333 e. The van der Waals surface area contributed by atoms with Gasteiger partial charge in [-0.1, -0.05) is 48.0 Å². The lowest BCUT2D eigenvalue weighted by atomic mass is 10.2. The number of hydrogen-bond acceptors (Lipinski definition) is 4. The van der Waals surface area contributed by atoms with Crippen LogP contribution in [0.3, 0.4) is 0 Å². The summed E-state index contributed by atoms with van der Waals surface area (Å²) in [7, 11) is 0. The molecule has 0 aliphatic carbocycles. The van der Waals surface area contributed by atoms with E-state index in [0.29, 0.717) is 23.4 Å². The highest BCUT2D eigenvalue weighted by Gasteiger charge is 2.19. The van der Waals surface area contributed by atoms with E-state index in [1.165, 1.54) is 4.57 Å². The molecule has 0 atom stereocenters. The number of hydrogen-bond donors (Lipinski definition) is 1. The number of nitrogens with zero attached hydrogens (tertiary/aromatic N) is 4. The number of anilines is 1. The Hall–Kier alpha value is -3.94. The van der Waals surface area contributed by atoms with Crippen molar-refractivity contribution in [1.29, 1.82) is 0 Å². The first-order valence-corrected chi connectivity index (χ1v) is 10.1. The quantitative estimate of drug-likeness (QED) is 0.521. The molecule has 0 aliphatic rings. The van der Waals surface area contributed by atoms with Gasteiger partial charge in [-0.25, -0.2) is 14.3 Å². The second-order valence-electron chi connectivity index (χ2n) is 7.36. The van der Waals surface area contributed by atoms with E-state index in [0.717, 1.165) is 15.7 Å². The lowest BCUT2D eigenvalue weighted by molar-refractivity contribution is -0.116. The minimum Gasteiger partial charge on any atom is -0.325 e. The zero-order chi connectivity index (χ0) is 22.0. The van der Waals surface area contributed by atoms with Crippen LogP contribution < -0.4 is 16.6 Å². The maximum absolute atomic E-state index is 13.2. The van der Waals surface area contributed by atoms with E-state index >= 15 is 0 Å². The number of fused-ring (bicyclic) bond motifs is 1. The molecule has 2 heterocycles. The van der Waals surface area contributed by atoms with Crippen molar-refractivity contribution in [2.45, 2.75) is 33.5 Å². The van der Waals surface area contributed by atoms with Crippen LogP contribution in [0.5, 0.6) is 0 Å². The predicted molar refractivity (Wildman–Crippen MR) is 119 cm³/mol. The van der Waals surface area contributed by atoms with E-state index in [1.807, 2.05) is 56.3 Å². The molecular weight excluding hydrogens is 394 g/mol. The van der Waals surface area contributed by atoms with Crippen molar-refractivity contribution in [3.05, 3.63) is 92.9 Å². The third-order valence-corrected chi connectivity index (χ3v) is 5.14. The average molecular weight is 417 g/mol. The summed E-state index contributed by atoms with van der Waals surface area (Å²) < 4.78 is 4.10. The van der Waals surface area contributed by atoms with Crippen molar-refractivity contribution >= 4 is 22.8 Å². The molecule has 158 valence electrons. The van der Waals surface area contributed by atoms with Gasteiger partial charge < -0.3 is 9.88 Å². The fourth-order valence-corrected chi connectivity index (χ4v) is 3.51. The number of nitrogens with one attached hydrogen (secondary N) is 1. The summed E-state index contributed by atoms with van der Waals surface area (Å²) in [6.07, 6.45) is 1.55. The summed E-state index contributed by atoms with van der Waals surface area (Å²) in [5.74, 6) is -0.448. The highest BCUT2D eigenvalue weighted by Crippen LogP contribution is 2.11. The molecule has 0 unspecified atom stereocenters. The Kier molecular flexibility index (Phi) is 5.53. The predicted octanol–water partition coefficient (Wildman–Crippen LogP) is 2.38. The molecule has 1 amide bonds. The molecule has 31 heavy (non-hydrogen) atoms. The molecule has 0 radical (unpaired) electrons. The molecule has 0 aliphatic heterocycles. The summed E-state index contributed by atoms with van der Waals surface area (Å²) in [5, 5.41) is 2.74. The van der Waals surface area contributed by atoms with Crippen molar-refractivity contribution in [3.63, 3.8) is 0 Å². The molecule has 8 nitrogen and oxygen atoms in total. The van der Waals surface area contributed by atoms with E-state index in [2.05, 4.69) is 10.3 Å². The number of benzene rings is 2. The monoisotopic (exact) mass is 417 g/mol. The van der Waals surface area contributed by atoms with Crippen molar-refractivity contribution in [3.8, 4) is 0 Å². The van der Waals surface area contributed by atoms with Crippen LogP contribution in [0.15, 0.2) is 70.5 Å². The minimum atomic E-state index is -0.568. The van der Waals surface area contributed by atoms with Gasteiger partial charge in [0.15, 0.2) is 11.2 Å². The van der Waals surface area contributed by atoms with Crippen LogP contribution in [0.4, 0.5) is 5.69 Å². The van der Waals surface area contributed by atoms with Gasteiger partial charge in [-0.15, -0.1) is 0 Å². The zero-order valence-electron chi connectivity index (χ0n) is 17.4. The Bertz CT molecular complexity index is 1350. The molecule has 0 saturated heterocycles. The third kappa shape index (κ3) is 4.05. The Morgan fingerprint density at radius 2 is 1.71 bits per heavy atom. The lowest BCUT2D eigenvalue weighted by Gasteiger charge is -2.13. The highest BCUT2D eigenvalue weighted by atomic mass is 16.2. The van der Waals surface area contributed by atoms with Gasteiger partial charge in [-0.3, -0.25) is 14.2 Å². The number of aromatic nitrogens is 4. The third-order valence-electron chi connectivity index (χ3n) is 5.14. The Morgan fingerprint density at radius 1 is 1.00 bits per heavy atom. The fraction of sp³-hybridized carbons (Fsp3) is 0.217. The molecule has 8 heteroatoms. The number of aryl methyl sites for hydroxylation is 2. The molecule has 4 aromatic rings. The van der Waals surface area contributed by atoms with Crippen LogP contribution in [-0.4, -0.2) is 24.6 Å². The number of carbonyl (C=O) groups excluding carboxylic acids is 1. The molecule has 0 bridgehead atoms. The first-order valence-electron chi connectivity index (χ1n) is 10.1. The van der Waals surface area contributed by atoms with E-state index < -0.39 is 17.2 Å². The molecule has 2 aromatic heterocycles. The van der Waals surface area contributed by atoms with Gasteiger partial charge in [-0.2, -0.15) is 0 Å². The minimum absolute atomic E-state index is 0.247. The van der Waals surface area contributed by atoms with Crippen LogP contribution in [0.25, 0.3) is 11.2 Å². The van der Waals surface area contributed by atoms with Gasteiger partial charge in [0, 0.05) is 12.2 Å². The number of imidazole rings is 1. The maximum atomic E-state index is 13.2. The van der Waals surface area contributed by atoms with Crippen LogP contribution in [0.2, 0.25) is 0 Å². The second-order valence-corrected chi connectivity index (χ2v) is 7.36. The maximum Gasteiger partial charge on any atom is 0.333 e. The van der Waals surface area contributed by atoms with Crippen molar-refractivity contribution in [2.24, 2.45) is 0 Å². The van der Waals surface area contributed by atoms with E-state index in [4.69, 9.17) is 0 Å². The number of carbonyl (C=O) groups is 1. The van der Waals surface area contributed by atoms with Crippen molar-refractivity contribution in [1.82, 2.24) is 18.7 Å². The first kappa shape index (κ1) is 20.3. The Balaban J connectivity index is 1.77. The van der Waals surface area contributed by atoms with Crippen LogP contribution in [-0.2, 0) is 24.4 Å². The van der Waals surface area contributed by atoms with E-state index in [9.17, 15) is 14.4 Å². The lowest BCUT2D eigenvalue weighted by Crippen LogP contribution is -2.43. The summed E-state index contributed by atoms with van der Waals surface area (Å²) in [6.45, 7) is 4.22. The zero-order valence-corrected chi connectivity index (χ0v) is 17.4. The number of amides is 1.